The Labute approximate surface area is 159 Å². The van der Waals surface area contributed by atoms with Gasteiger partial charge < -0.3 is 10.8 Å². The maximum Gasteiger partial charge on any atom is 0.150 e. The highest BCUT2D eigenvalue weighted by Crippen LogP contribution is 2.70. The molecule has 0 radical (unpaired) electrons. The van der Waals surface area contributed by atoms with Crippen molar-refractivity contribution in [3.05, 3.63) is 0 Å². The molecule has 0 amide bonds. The van der Waals surface area contributed by atoms with Gasteiger partial charge in [0.2, 0.25) is 0 Å². The summed E-state index contributed by atoms with van der Waals surface area (Å²) in [4.78, 5) is 12.5. The van der Waals surface area contributed by atoms with Crippen molar-refractivity contribution in [3.63, 3.8) is 0 Å². The fraction of sp³-hybridized carbons (Fsp3) is 0.957. The summed E-state index contributed by atoms with van der Waals surface area (Å²) in [7, 11) is 0. The first kappa shape index (κ1) is 18.9. The number of carbonyl (C=O) groups is 1. The van der Waals surface area contributed by atoms with Crippen molar-refractivity contribution in [1.29, 1.82) is 0 Å². The standard InChI is InChI=1S/C23H39NO2/c1-21(2)12-15(25)11-14-5-6-16-17-7-8-19(20(26)13-24)22(17,3)10-9-18(16)23(14,21)4/h14-19,25H,5-13,24H2,1-4H3/t14?,15?,16-,17-,18-,19+,22-,23-/m0/s1. The zero-order valence-corrected chi connectivity index (χ0v) is 17.3. The molecule has 0 aliphatic heterocycles. The quantitative estimate of drug-likeness (QED) is 0.776. The molecule has 148 valence electrons. The number of carbonyl (C=O) groups excluding carboxylic acids is 1. The summed E-state index contributed by atoms with van der Waals surface area (Å²) in [5.74, 6) is 3.38. The molecule has 3 N–H and O–H groups in total. The number of ketones is 1. The van der Waals surface area contributed by atoms with E-state index >= 15 is 0 Å². The van der Waals surface area contributed by atoms with Crippen LogP contribution < -0.4 is 5.73 Å². The Kier molecular flexibility index (Phi) is 4.40. The van der Waals surface area contributed by atoms with E-state index < -0.39 is 0 Å². The van der Waals surface area contributed by atoms with Gasteiger partial charge in [-0.15, -0.1) is 0 Å². The van der Waals surface area contributed by atoms with Crippen molar-refractivity contribution >= 4 is 5.78 Å². The Morgan fingerprint density at radius 2 is 1.77 bits per heavy atom. The highest BCUT2D eigenvalue weighted by atomic mass is 16.3. The van der Waals surface area contributed by atoms with Crippen molar-refractivity contribution < 1.29 is 9.90 Å². The molecule has 3 nitrogen and oxygen atoms in total. The van der Waals surface area contributed by atoms with Crippen molar-refractivity contribution in [2.45, 2.75) is 85.2 Å². The fourth-order valence-electron chi connectivity index (χ4n) is 8.74. The summed E-state index contributed by atoms with van der Waals surface area (Å²) < 4.78 is 0. The van der Waals surface area contributed by atoms with Crippen molar-refractivity contribution in [1.82, 2.24) is 0 Å². The van der Waals surface area contributed by atoms with Gasteiger partial charge in [-0.3, -0.25) is 4.79 Å². The van der Waals surface area contributed by atoms with Crippen molar-refractivity contribution in [3.8, 4) is 0 Å². The number of nitrogens with two attached hydrogens (primary N) is 1. The zero-order chi connectivity index (χ0) is 18.9. The molecule has 0 spiro atoms. The molecule has 0 aromatic carbocycles. The van der Waals surface area contributed by atoms with E-state index in [1.807, 2.05) is 0 Å². The number of Topliss-reactive ketones (excluding diaryl/α,β-unsaturated/α-hetero) is 1. The van der Waals surface area contributed by atoms with Gasteiger partial charge in [-0.25, -0.2) is 0 Å². The van der Waals surface area contributed by atoms with Crippen LogP contribution in [0, 0.1) is 45.8 Å². The van der Waals surface area contributed by atoms with Gasteiger partial charge in [0, 0.05) is 5.92 Å². The Balaban J connectivity index is 1.66. The van der Waals surface area contributed by atoms with Gasteiger partial charge in [-0.2, -0.15) is 0 Å². The average Bonchev–Trinajstić information content (AvgIpc) is 2.92. The number of aliphatic hydroxyl groups excluding tert-OH is 1. The lowest BCUT2D eigenvalue weighted by molar-refractivity contribution is -0.186. The molecule has 8 atom stereocenters. The van der Waals surface area contributed by atoms with E-state index in [1.54, 1.807) is 0 Å². The van der Waals surface area contributed by atoms with Gasteiger partial charge in [-0.05, 0) is 91.3 Å². The normalized spacial score (nSPS) is 52.7. The minimum atomic E-state index is -0.119. The molecule has 0 bridgehead atoms. The Morgan fingerprint density at radius 1 is 1.04 bits per heavy atom. The molecule has 26 heavy (non-hydrogen) atoms. The summed E-state index contributed by atoms with van der Waals surface area (Å²) in [6.07, 6.45) is 9.12. The second-order valence-electron chi connectivity index (χ2n) is 11.3. The number of aliphatic hydroxyl groups is 1. The molecule has 0 aromatic rings. The molecule has 0 heterocycles. The van der Waals surface area contributed by atoms with Crippen molar-refractivity contribution in [2.24, 2.45) is 51.6 Å². The van der Waals surface area contributed by atoms with E-state index in [0.717, 1.165) is 31.1 Å². The molecule has 4 rings (SSSR count). The third kappa shape index (κ3) is 2.35. The average molecular weight is 362 g/mol. The molecule has 4 aliphatic rings. The topological polar surface area (TPSA) is 63.3 Å². The summed E-state index contributed by atoms with van der Waals surface area (Å²) in [6, 6.07) is 0. The Hall–Kier alpha value is -0.410. The minimum absolute atomic E-state index is 0.119. The lowest BCUT2D eigenvalue weighted by atomic mass is 9.39. The van der Waals surface area contributed by atoms with Crippen LogP contribution in [-0.2, 0) is 4.79 Å². The van der Waals surface area contributed by atoms with E-state index in [4.69, 9.17) is 5.73 Å². The smallest absolute Gasteiger partial charge is 0.150 e. The number of rotatable bonds is 2. The van der Waals surface area contributed by atoms with Gasteiger partial charge in [0.15, 0.2) is 0 Å². The molecule has 4 aliphatic carbocycles. The SMILES string of the molecule is CC1(C)CC(O)CC2CC[C@H]3[C@@H]4CC[C@H](C(=O)CN)[C@@]4(C)CC[C@@H]3[C@]21C. The maximum absolute atomic E-state index is 12.5. The van der Waals surface area contributed by atoms with Gasteiger partial charge >= 0.3 is 0 Å². The first-order valence-corrected chi connectivity index (χ1v) is 11.1. The summed E-state index contributed by atoms with van der Waals surface area (Å²) in [6.45, 7) is 10.00. The summed E-state index contributed by atoms with van der Waals surface area (Å²) in [5.41, 5.74) is 6.45. The monoisotopic (exact) mass is 361 g/mol. The minimum Gasteiger partial charge on any atom is -0.393 e. The predicted molar refractivity (Wildman–Crippen MR) is 104 cm³/mol. The van der Waals surface area contributed by atoms with E-state index in [0.29, 0.717) is 23.0 Å². The third-order valence-electron chi connectivity index (χ3n) is 10.3. The lowest BCUT2D eigenvalue weighted by Gasteiger charge is -2.66. The van der Waals surface area contributed by atoms with Crippen LogP contribution in [0.5, 0.6) is 0 Å². The molecule has 4 fully saturated rings. The van der Waals surface area contributed by atoms with Crippen LogP contribution in [0.15, 0.2) is 0 Å². The first-order chi connectivity index (χ1) is 12.1. The molecule has 2 unspecified atom stereocenters. The van der Waals surface area contributed by atoms with Gasteiger partial charge in [0.25, 0.3) is 0 Å². The molecular weight excluding hydrogens is 322 g/mol. The second-order valence-corrected chi connectivity index (χ2v) is 11.3. The van der Waals surface area contributed by atoms with E-state index in [-0.39, 0.29) is 29.4 Å². The van der Waals surface area contributed by atoms with Crippen LogP contribution in [0.1, 0.15) is 79.1 Å². The van der Waals surface area contributed by atoms with Crippen molar-refractivity contribution in [2.75, 3.05) is 6.54 Å². The summed E-state index contributed by atoms with van der Waals surface area (Å²) >= 11 is 0. The van der Waals surface area contributed by atoms with Crippen LogP contribution >= 0.6 is 0 Å². The molecule has 0 saturated heterocycles. The van der Waals surface area contributed by atoms with Crippen LogP contribution in [0.25, 0.3) is 0 Å². The van der Waals surface area contributed by atoms with Crippen LogP contribution in [-0.4, -0.2) is 23.5 Å². The van der Waals surface area contributed by atoms with Gasteiger partial charge in [-0.1, -0.05) is 27.7 Å². The molecule has 4 saturated carbocycles. The maximum atomic E-state index is 12.5. The Bertz CT molecular complexity index is 587. The molecule has 3 heteroatoms. The second kappa shape index (κ2) is 6.04. The number of fused-ring (bicyclic) bond motifs is 5. The van der Waals surface area contributed by atoms with E-state index in [2.05, 4.69) is 27.7 Å². The number of hydrogen-bond donors (Lipinski definition) is 2. The lowest BCUT2D eigenvalue weighted by Crippen LogP contribution is -2.60. The van der Waals surface area contributed by atoms with Gasteiger partial charge in [0.05, 0.1) is 12.6 Å². The number of hydrogen-bond acceptors (Lipinski definition) is 3. The van der Waals surface area contributed by atoms with Crippen LogP contribution in [0.3, 0.4) is 0 Å². The third-order valence-corrected chi connectivity index (χ3v) is 10.3. The largest absolute Gasteiger partial charge is 0.393 e. The summed E-state index contributed by atoms with van der Waals surface area (Å²) in [5, 5.41) is 10.5. The van der Waals surface area contributed by atoms with E-state index in [1.165, 1.54) is 32.1 Å². The zero-order valence-electron chi connectivity index (χ0n) is 17.3. The van der Waals surface area contributed by atoms with E-state index in [9.17, 15) is 9.90 Å². The fourth-order valence-corrected chi connectivity index (χ4v) is 8.74. The van der Waals surface area contributed by atoms with Gasteiger partial charge in [0.1, 0.15) is 5.78 Å². The highest BCUT2D eigenvalue weighted by Gasteiger charge is 2.64. The Morgan fingerprint density at radius 3 is 2.46 bits per heavy atom. The molecular formula is C23H39NO2. The van der Waals surface area contributed by atoms with Crippen LogP contribution in [0.4, 0.5) is 0 Å². The molecule has 0 aromatic heterocycles. The highest BCUT2D eigenvalue weighted by molar-refractivity contribution is 5.84. The van der Waals surface area contributed by atoms with Crippen LogP contribution in [0.2, 0.25) is 0 Å². The first-order valence-electron chi connectivity index (χ1n) is 11.1. The predicted octanol–water partition coefficient (Wildman–Crippen LogP) is 4.17.